The van der Waals surface area contributed by atoms with Gasteiger partial charge in [0.15, 0.2) is 4.96 Å². The average molecular weight is 278 g/mol. The van der Waals surface area contributed by atoms with Crippen LogP contribution in [0.1, 0.15) is 25.0 Å². The van der Waals surface area contributed by atoms with Crippen molar-refractivity contribution in [3.8, 4) is 0 Å². The third kappa shape index (κ3) is 2.56. The fourth-order valence-corrected chi connectivity index (χ4v) is 3.45. The molecule has 5 nitrogen and oxygen atoms in total. The molecule has 1 fully saturated rings. The van der Waals surface area contributed by atoms with Crippen molar-refractivity contribution in [2.45, 2.75) is 31.8 Å². The maximum absolute atomic E-state index is 11.9. The molecule has 0 unspecified atom stereocenters. The summed E-state index contributed by atoms with van der Waals surface area (Å²) in [5, 5.41) is 1.89. The molecule has 1 atom stereocenters. The number of hydrogen-bond acceptors (Lipinski definition) is 5. The molecule has 2 aromatic rings. The number of hydrogen-bond donors (Lipinski definition) is 1. The fourth-order valence-electron chi connectivity index (χ4n) is 2.71. The Morgan fingerprint density at radius 3 is 3.21 bits per heavy atom. The summed E-state index contributed by atoms with van der Waals surface area (Å²) in [6.07, 6.45) is 5.37. The van der Waals surface area contributed by atoms with Crippen molar-refractivity contribution in [3.63, 3.8) is 0 Å². The van der Waals surface area contributed by atoms with Crippen molar-refractivity contribution >= 4 is 16.3 Å². The predicted octanol–water partition coefficient (Wildman–Crippen LogP) is 1.07. The summed E-state index contributed by atoms with van der Waals surface area (Å²) in [5.41, 5.74) is 6.68. The molecule has 0 aliphatic carbocycles. The van der Waals surface area contributed by atoms with Gasteiger partial charge in [-0.05, 0) is 19.4 Å². The van der Waals surface area contributed by atoms with E-state index >= 15 is 0 Å². The van der Waals surface area contributed by atoms with Crippen LogP contribution in [0.5, 0.6) is 0 Å². The quantitative estimate of drug-likeness (QED) is 0.912. The normalized spacial score (nSPS) is 21.0. The highest BCUT2D eigenvalue weighted by Gasteiger charge is 2.21. The number of nitrogens with two attached hydrogens (primary N) is 1. The summed E-state index contributed by atoms with van der Waals surface area (Å²) in [4.78, 5) is 19.6. The number of likely N-dealkylation sites (tertiary alicyclic amines) is 1. The lowest BCUT2D eigenvalue weighted by molar-refractivity contribution is 0.143. The van der Waals surface area contributed by atoms with E-state index in [1.165, 1.54) is 24.2 Å². The summed E-state index contributed by atoms with van der Waals surface area (Å²) in [7, 11) is 0. The standard InChI is InChI=1S/C13H18N4OS/c14-8-11-3-1-2-4-16(11)9-10-7-12(18)17-5-6-19-13(17)15-10/h5-7,11H,1-4,8-9,14H2/t11-/m0/s1. The van der Waals surface area contributed by atoms with Crippen LogP contribution in [0.15, 0.2) is 22.4 Å². The van der Waals surface area contributed by atoms with Crippen LogP contribution in [0.25, 0.3) is 4.96 Å². The van der Waals surface area contributed by atoms with Crippen LogP contribution in [0, 0.1) is 0 Å². The number of piperidine rings is 1. The third-order valence-corrected chi connectivity index (χ3v) is 4.50. The molecule has 2 aromatic heterocycles. The van der Waals surface area contributed by atoms with Crippen LogP contribution >= 0.6 is 11.3 Å². The lowest BCUT2D eigenvalue weighted by atomic mass is 10.0. The van der Waals surface area contributed by atoms with Crippen LogP contribution in [-0.4, -0.2) is 33.4 Å². The van der Waals surface area contributed by atoms with E-state index in [1.54, 1.807) is 16.7 Å². The van der Waals surface area contributed by atoms with Crippen molar-refractivity contribution in [1.82, 2.24) is 14.3 Å². The molecule has 19 heavy (non-hydrogen) atoms. The first-order valence-electron chi connectivity index (χ1n) is 6.68. The molecule has 3 heterocycles. The summed E-state index contributed by atoms with van der Waals surface area (Å²) < 4.78 is 1.59. The van der Waals surface area contributed by atoms with Gasteiger partial charge in [0.1, 0.15) is 0 Å². The van der Waals surface area contributed by atoms with Gasteiger partial charge in [0.25, 0.3) is 5.56 Å². The molecule has 0 radical (unpaired) electrons. The summed E-state index contributed by atoms with van der Waals surface area (Å²) >= 11 is 1.49. The van der Waals surface area contributed by atoms with E-state index in [0.29, 0.717) is 12.6 Å². The topological polar surface area (TPSA) is 63.6 Å². The Hall–Kier alpha value is -1.24. The Labute approximate surface area is 115 Å². The molecule has 1 aliphatic heterocycles. The van der Waals surface area contributed by atoms with Gasteiger partial charge < -0.3 is 5.73 Å². The van der Waals surface area contributed by atoms with Crippen molar-refractivity contribution < 1.29 is 0 Å². The Kier molecular flexibility index (Phi) is 3.63. The van der Waals surface area contributed by atoms with E-state index in [0.717, 1.165) is 30.2 Å². The monoisotopic (exact) mass is 278 g/mol. The molecular weight excluding hydrogens is 260 g/mol. The number of fused-ring (bicyclic) bond motifs is 1. The molecule has 102 valence electrons. The van der Waals surface area contributed by atoms with Gasteiger partial charge >= 0.3 is 0 Å². The maximum Gasteiger partial charge on any atom is 0.258 e. The lowest BCUT2D eigenvalue weighted by Gasteiger charge is -2.34. The van der Waals surface area contributed by atoms with E-state index in [9.17, 15) is 4.79 Å². The van der Waals surface area contributed by atoms with Crippen LogP contribution in [0.4, 0.5) is 0 Å². The van der Waals surface area contributed by atoms with Crippen LogP contribution in [-0.2, 0) is 6.54 Å². The summed E-state index contributed by atoms with van der Waals surface area (Å²) in [6, 6.07) is 2.07. The zero-order valence-corrected chi connectivity index (χ0v) is 11.6. The average Bonchev–Trinajstić information content (AvgIpc) is 2.88. The number of aromatic nitrogens is 2. The van der Waals surface area contributed by atoms with E-state index in [-0.39, 0.29) is 5.56 Å². The van der Waals surface area contributed by atoms with Crippen molar-refractivity contribution in [3.05, 3.63) is 33.7 Å². The first-order chi connectivity index (χ1) is 9.28. The molecule has 0 spiro atoms. The first-order valence-corrected chi connectivity index (χ1v) is 7.56. The fraction of sp³-hybridized carbons (Fsp3) is 0.538. The van der Waals surface area contributed by atoms with Gasteiger partial charge in [-0.15, -0.1) is 11.3 Å². The highest BCUT2D eigenvalue weighted by atomic mass is 32.1. The highest BCUT2D eigenvalue weighted by Crippen LogP contribution is 2.18. The first kappa shape index (κ1) is 12.8. The zero-order chi connectivity index (χ0) is 13.2. The van der Waals surface area contributed by atoms with Crippen LogP contribution in [0.3, 0.4) is 0 Å². The Balaban J connectivity index is 1.85. The Bertz CT molecular complexity index is 620. The molecule has 1 aliphatic rings. The molecule has 0 aromatic carbocycles. The SMILES string of the molecule is NC[C@@H]1CCCCN1Cc1cc(=O)n2ccsc2n1. The second-order valence-corrected chi connectivity index (χ2v) is 5.87. The van der Waals surface area contributed by atoms with Gasteiger partial charge in [0, 0.05) is 36.8 Å². The number of thiazole rings is 1. The predicted molar refractivity (Wildman–Crippen MR) is 76.4 cm³/mol. The number of rotatable bonds is 3. The van der Waals surface area contributed by atoms with Gasteiger partial charge in [-0.1, -0.05) is 6.42 Å². The highest BCUT2D eigenvalue weighted by molar-refractivity contribution is 7.15. The largest absolute Gasteiger partial charge is 0.329 e. The molecule has 6 heteroatoms. The number of nitrogens with zero attached hydrogens (tertiary/aromatic N) is 3. The van der Waals surface area contributed by atoms with Gasteiger partial charge in [0.05, 0.1) is 5.69 Å². The molecule has 0 amide bonds. The van der Waals surface area contributed by atoms with Gasteiger partial charge in [0.2, 0.25) is 0 Å². The minimum Gasteiger partial charge on any atom is -0.329 e. The van der Waals surface area contributed by atoms with Crippen molar-refractivity contribution in [1.29, 1.82) is 0 Å². The second kappa shape index (κ2) is 5.40. The summed E-state index contributed by atoms with van der Waals surface area (Å²) in [6.45, 7) is 2.46. The van der Waals surface area contributed by atoms with Gasteiger partial charge in [-0.2, -0.15) is 0 Å². The third-order valence-electron chi connectivity index (χ3n) is 3.74. The van der Waals surface area contributed by atoms with Crippen molar-refractivity contribution in [2.75, 3.05) is 13.1 Å². The molecule has 2 N–H and O–H groups in total. The second-order valence-electron chi connectivity index (χ2n) is 5.00. The van der Waals surface area contributed by atoms with Crippen LogP contribution < -0.4 is 11.3 Å². The summed E-state index contributed by atoms with van der Waals surface area (Å²) in [5.74, 6) is 0. The minimum absolute atomic E-state index is 0.00237. The molecular formula is C13H18N4OS. The lowest BCUT2D eigenvalue weighted by Crippen LogP contribution is -2.43. The Morgan fingerprint density at radius 1 is 1.47 bits per heavy atom. The molecule has 0 bridgehead atoms. The van der Waals surface area contributed by atoms with E-state index < -0.39 is 0 Å². The van der Waals surface area contributed by atoms with Gasteiger partial charge in [-0.3, -0.25) is 14.1 Å². The van der Waals surface area contributed by atoms with E-state index in [1.807, 2.05) is 5.38 Å². The smallest absolute Gasteiger partial charge is 0.258 e. The Morgan fingerprint density at radius 2 is 2.37 bits per heavy atom. The van der Waals surface area contributed by atoms with Gasteiger partial charge in [-0.25, -0.2) is 4.98 Å². The molecule has 1 saturated heterocycles. The van der Waals surface area contributed by atoms with E-state index in [2.05, 4.69) is 9.88 Å². The van der Waals surface area contributed by atoms with Crippen LogP contribution in [0.2, 0.25) is 0 Å². The maximum atomic E-state index is 11.9. The van der Waals surface area contributed by atoms with E-state index in [4.69, 9.17) is 5.73 Å². The zero-order valence-electron chi connectivity index (χ0n) is 10.8. The van der Waals surface area contributed by atoms with Crippen molar-refractivity contribution in [2.24, 2.45) is 5.73 Å². The molecule has 3 rings (SSSR count). The molecule has 0 saturated carbocycles. The minimum atomic E-state index is 0.00237.